The summed E-state index contributed by atoms with van der Waals surface area (Å²) in [7, 11) is 0. The minimum Gasteiger partial charge on any atom is -0.326 e. The molecule has 1 aromatic carbocycles. The molecular weight excluding hydrogens is 340 g/mol. The van der Waals surface area contributed by atoms with E-state index in [9.17, 15) is 0 Å². The fourth-order valence-corrected chi connectivity index (χ4v) is 2.15. The first-order valence-corrected chi connectivity index (χ1v) is 5.23. The van der Waals surface area contributed by atoms with Crippen LogP contribution in [-0.2, 0) is 6.54 Å². The SMILES string of the molecule is NCc1cc(Br)c(Cl)cc1I. The van der Waals surface area contributed by atoms with Gasteiger partial charge in [0.1, 0.15) is 0 Å². The van der Waals surface area contributed by atoms with Gasteiger partial charge in [0.15, 0.2) is 0 Å². The molecule has 1 rings (SSSR count). The molecule has 1 nitrogen and oxygen atoms in total. The number of benzene rings is 1. The maximum atomic E-state index is 5.85. The van der Waals surface area contributed by atoms with E-state index in [1.54, 1.807) is 0 Å². The number of rotatable bonds is 1. The third kappa shape index (κ3) is 2.31. The van der Waals surface area contributed by atoms with Crippen LogP contribution in [-0.4, -0.2) is 0 Å². The van der Waals surface area contributed by atoms with Gasteiger partial charge in [-0.2, -0.15) is 0 Å². The molecule has 0 radical (unpaired) electrons. The second-order valence-corrected chi connectivity index (χ2v) is 4.49. The van der Waals surface area contributed by atoms with Gasteiger partial charge in [-0.25, -0.2) is 0 Å². The molecule has 0 bridgehead atoms. The van der Waals surface area contributed by atoms with Crippen LogP contribution in [0.15, 0.2) is 16.6 Å². The van der Waals surface area contributed by atoms with Crippen molar-refractivity contribution >= 4 is 50.1 Å². The quantitative estimate of drug-likeness (QED) is 0.613. The zero-order chi connectivity index (χ0) is 8.43. The average Bonchev–Trinajstić information content (AvgIpc) is 1.97. The molecule has 0 saturated carbocycles. The molecule has 0 heterocycles. The van der Waals surface area contributed by atoms with E-state index in [2.05, 4.69) is 38.5 Å². The van der Waals surface area contributed by atoms with Gasteiger partial charge in [0.2, 0.25) is 0 Å². The average molecular weight is 346 g/mol. The molecule has 0 fully saturated rings. The minimum atomic E-state index is 0.550. The van der Waals surface area contributed by atoms with E-state index < -0.39 is 0 Å². The van der Waals surface area contributed by atoms with Gasteiger partial charge in [0.25, 0.3) is 0 Å². The molecule has 0 unspecified atom stereocenters. The van der Waals surface area contributed by atoms with Crippen LogP contribution in [0.25, 0.3) is 0 Å². The molecule has 0 aromatic heterocycles. The third-order valence-corrected chi connectivity index (χ3v) is 3.51. The smallest absolute Gasteiger partial charge is 0.0558 e. The van der Waals surface area contributed by atoms with Crippen molar-refractivity contribution in [3.63, 3.8) is 0 Å². The summed E-state index contributed by atoms with van der Waals surface area (Å²) in [5, 5.41) is 0.728. The van der Waals surface area contributed by atoms with Crippen LogP contribution in [0, 0.1) is 3.57 Å². The first-order chi connectivity index (χ1) is 5.15. The lowest BCUT2D eigenvalue weighted by atomic mass is 10.2. The van der Waals surface area contributed by atoms with Gasteiger partial charge in [-0.15, -0.1) is 0 Å². The van der Waals surface area contributed by atoms with Crippen LogP contribution in [0.4, 0.5) is 0 Å². The highest BCUT2D eigenvalue weighted by atomic mass is 127. The summed E-state index contributed by atoms with van der Waals surface area (Å²) >= 11 is 11.4. The lowest BCUT2D eigenvalue weighted by molar-refractivity contribution is 1.06. The highest BCUT2D eigenvalue weighted by Gasteiger charge is 2.02. The Balaban J connectivity index is 3.21. The van der Waals surface area contributed by atoms with E-state index in [1.807, 2.05) is 12.1 Å². The van der Waals surface area contributed by atoms with Crippen molar-refractivity contribution in [2.75, 3.05) is 0 Å². The summed E-state index contributed by atoms with van der Waals surface area (Å²) in [5.74, 6) is 0. The highest BCUT2D eigenvalue weighted by molar-refractivity contribution is 14.1. The van der Waals surface area contributed by atoms with Gasteiger partial charge in [-0.3, -0.25) is 0 Å². The first-order valence-electron chi connectivity index (χ1n) is 2.98. The Morgan fingerprint density at radius 1 is 1.55 bits per heavy atom. The van der Waals surface area contributed by atoms with Crippen molar-refractivity contribution in [3.8, 4) is 0 Å². The largest absolute Gasteiger partial charge is 0.326 e. The van der Waals surface area contributed by atoms with E-state index >= 15 is 0 Å². The van der Waals surface area contributed by atoms with Gasteiger partial charge >= 0.3 is 0 Å². The van der Waals surface area contributed by atoms with E-state index in [0.29, 0.717) is 6.54 Å². The second kappa shape index (κ2) is 4.07. The number of halogens is 3. The van der Waals surface area contributed by atoms with Crippen LogP contribution in [0.5, 0.6) is 0 Å². The van der Waals surface area contributed by atoms with Crippen LogP contribution in [0.2, 0.25) is 5.02 Å². The normalized spacial score (nSPS) is 10.2. The molecular formula is C7H6BrClIN. The van der Waals surface area contributed by atoms with Crippen molar-refractivity contribution in [3.05, 3.63) is 30.8 Å². The van der Waals surface area contributed by atoms with Gasteiger partial charge in [-0.05, 0) is 56.2 Å². The van der Waals surface area contributed by atoms with Crippen LogP contribution >= 0.6 is 50.1 Å². The molecule has 11 heavy (non-hydrogen) atoms. The van der Waals surface area contributed by atoms with Crippen molar-refractivity contribution < 1.29 is 0 Å². The summed E-state index contributed by atoms with van der Waals surface area (Å²) in [6.07, 6.45) is 0. The summed E-state index contributed by atoms with van der Waals surface area (Å²) in [4.78, 5) is 0. The van der Waals surface area contributed by atoms with Gasteiger partial charge in [-0.1, -0.05) is 11.6 Å². The molecule has 60 valence electrons. The lowest BCUT2D eigenvalue weighted by Crippen LogP contribution is -1.98. The molecule has 4 heteroatoms. The van der Waals surface area contributed by atoms with E-state index in [0.717, 1.165) is 18.6 Å². The Labute approximate surface area is 92.6 Å². The van der Waals surface area contributed by atoms with Gasteiger partial charge in [0, 0.05) is 14.6 Å². The number of hydrogen-bond donors (Lipinski definition) is 1. The molecule has 0 aliphatic carbocycles. The van der Waals surface area contributed by atoms with Gasteiger partial charge < -0.3 is 5.73 Å². The van der Waals surface area contributed by atoms with Crippen LogP contribution in [0.1, 0.15) is 5.56 Å². The summed E-state index contributed by atoms with van der Waals surface area (Å²) in [6.45, 7) is 0.550. The summed E-state index contributed by atoms with van der Waals surface area (Å²) < 4.78 is 2.01. The Bertz CT molecular complexity index is 277. The maximum absolute atomic E-state index is 5.85. The Hall–Kier alpha value is 0.680. The Morgan fingerprint density at radius 3 is 2.73 bits per heavy atom. The molecule has 1 aromatic rings. The lowest BCUT2D eigenvalue weighted by Gasteiger charge is -2.03. The van der Waals surface area contributed by atoms with E-state index in [4.69, 9.17) is 17.3 Å². The van der Waals surface area contributed by atoms with Crippen molar-refractivity contribution in [2.24, 2.45) is 5.73 Å². The topological polar surface area (TPSA) is 26.0 Å². The molecule has 0 spiro atoms. The zero-order valence-corrected chi connectivity index (χ0v) is 10.1. The number of hydrogen-bond acceptors (Lipinski definition) is 1. The van der Waals surface area contributed by atoms with Gasteiger partial charge in [0.05, 0.1) is 5.02 Å². The molecule has 0 aliphatic heterocycles. The Kier molecular flexibility index (Phi) is 3.61. The molecule has 2 N–H and O–H groups in total. The van der Waals surface area contributed by atoms with Crippen molar-refractivity contribution in [1.82, 2.24) is 0 Å². The van der Waals surface area contributed by atoms with E-state index in [-0.39, 0.29) is 0 Å². The number of nitrogens with two attached hydrogens (primary N) is 1. The van der Waals surface area contributed by atoms with Crippen molar-refractivity contribution in [1.29, 1.82) is 0 Å². The minimum absolute atomic E-state index is 0.550. The standard InChI is InChI=1S/C7H6BrClIN/c8-5-1-4(3-11)7(10)2-6(5)9/h1-2H,3,11H2. The second-order valence-electron chi connectivity index (χ2n) is 2.06. The maximum Gasteiger partial charge on any atom is 0.0558 e. The highest BCUT2D eigenvalue weighted by Crippen LogP contribution is 2.26. The Morgan fingerprint density at radius 2 is 2.18 bits per heavy atom. The molecule has 0 atom stereocenters. The van der Waals surface area contributed by atoms with Crippen LogP contribution in [0.3, 0.4) is 0 Å². The van der Waals surface area contributed by atoms with Crippen molar-refractivity contribution in [2.45, 2.75) is 6.54 Å². The van der Waals surface area contributed by atoms with E-state index in [1.165, 1.54) is 0 Å². The predicted octanol–water partition coefficient (Wildman–Crippen LogP) is 3.17. The molecule has 0 saturated heterocycles. The molecule has 0 aliphatic rings. The zero-order valence-electron chi connectivity index (χ0n) is 5.57. The third-order valence-electron chi connectivity index (χ3n) is 1.31. The summed E-state index contributed by atoms with van der Waals surface area (Å²) in [6, 6.07) is 3.85. The molecule has 0 amide bonds. The fourth-order valence-electron chi connectivity index (χ4n) is 0.720. The summed E-state index contributed by atoms with van der Waals surface area (Å²) in [5.41, 5.74) is 6.61. The van der Waals surface area contributed by atoms with Crippen LogP contribution < -0.4 is 5.73 Å². The predicted molar refractivity (Wildman–Crippen MR) is 59.8 cm³/mol. The fraction of sp³-hybridized carbons (Fsp3) is 0.143. The first kappa shape index (κ1) is 9.77. The monoisotopic (exact) mass is 345 g/mol.